The molecule has 0 atom stereocenters. The molecule has 0 radical (unpaired) electrons. The first kappa shape index (κ1) is 23.7. The van der Waals surface area contributed by atoms with Gasteiger partial charge in [0.15, 0.2) is 0 Å². The van der Waals surface area contributed by atoms with Crippen LogP contribution in [0.15, 0.2) is 60.9 Å². The van der Waals surface area contributed by atoms with E-state index in [1.165, 1.54) is 12.1 Å². The van der Waals surface area contributed by atoms with E-state index >= 15 is 0 Å². The summed E-state index contributed by atoms with van der Waals surface area (Å²) in [6.07, 6.45) is 5.80. The molecule has 4 aromatic rings. The van der Waals surface area contributed by atoms with Crippen LogP contribution < -0.4 is 0 Å². The smallest absolute Gasteiger partial charge is 0.338 e. The van der Waals surface area contributed by atoms with Crippen LogP contribution in [0.25, 0.3) is 33.5 Å². The predicted molar refractivity (Wildman–Crippen MR) is 135 cm³/mol. The van der Waals surface area contributed by atoms with Crippen molar-refractivity contribution in [3.63, 3.8) is 0 Å². The van der Waals surface area contributed by atoms with Crippen LogP contribution in [0.2, 0.25) is 0 Å². The monoisotopic (exact) mass is 486 g/mol. The molecule has 7 nitrogen and oxygen atoms in total. The van der Waals surface area contributed by atoms with Crippen molar-refractivity contribution in [2.45, 2.75) is 32.7 Å². The fourth-order valence-electron chi connectivity index (χ4n) is 4.64. The van der Waals surface area contributed by atoms with Crippen molar-refractivity contribution in [1.82, 2.24) is 19.4 Å². The van der Waals surface area contributed by atoms with E-state index in [0.717, 1.165) is 47.4 Å². The molecule has 1 fully saturated rings. The third kappa shape index (κ3) is 4.84. The highest BCUT2D eigenvalue weighted by molar-refractivity contribution is 5.94. The quantitative estimate of drug-likeness (QED) is 0.324. The van der Waals surface area contributed by atoms with E-state index in [9.17, 15) is 14.0 Å². The van der Waals surface area contributed by atoms with Crippen molar-refractivity contribution >= 4 is 22.9 Å². The number of carbonyl (C=O) groups excluding carboxylic acids is 2. The minimum atomic E-state index is -0.386. The van der Waals surface area contributed by atoms with Crippen LogP contribution in [0, 0.1) is 5.82 Å². The van der Waals surface area contributed by atoms with E-state index in [1.807, 2.05) is 17.0 Å². The zero-order valence-electron chi connectivity index (χ0n) is 20.1. The van der Waals surface area contributed by atoms with E-state index in [1.54, 1.807) is 43.6 Å². The number of carbonyl (C=O) groups is 2. The van der Waals surface area contributed by atoms with E-state index in [4.69, 9.17) is 9.72 Å². The second kappa shape index (κ2) is 10.3. The molecule has 0 aliphatic carbocycles. The standard InChI is InChI=1S/C28H27FN4O3/c1-2-36-28(35)20-8-11-25-24(16-20)31-27(33(25)14-4-13-32-12-3-5-26(32)34)22-15-21(17-30-18-22)19-6-9-23(29)10-7-19/h6-11,15-18H,2-5,12-14H2,1H3. The van der Waals surface area contributed by atoms with Gasteiger partial charge in [0.1, 0.15) is 11.6 Å². The molecule has 0 spiro atoms. The zero-order valence-corrected chi connectivity index (χ0v) is 20.1. The van der Waals surface area contributed by atoms with Crippen LogP contribution in [0.1, 0.15) is 36.5 Å². The number of ether oxygens (including phenoxy) is 1. The van der Waals surface area contributed by atoms with Gasteiger partial charge in [-0.3, -0.25) is 9.78 Å². The molecule has 1 aliphatic heterocycles. The Morgan fingerprint density at radius 1 is 1.03 bits per heavy atom. The minimum absolute atomic E-state index is 0.209. The Morgan fingerprint density at radius 3 is 2.58 bits per heavy atom. The molecular formula is C28H27FN4O3. The number of likely N-dealkylation sites (tertiary alicyclic amines) is 1. The highest BCUT2D eigenvalue weighted by atomic mass is 19.1. The van der Waals surface area contributed by atoms with Gasteiger partial charge < -0.3 is 14.2 Å². The molecule has 2 aromatic heterocycles. The van der Waals surface area contributed by atoms with Gasteiger partial charge in [0.05, 0.1) is 23.2 Å². The Bertz CT molecular complexity index is 1410. The molecular weight excluding hydrogens is 459 g/mol. The second-order valence-electron chi connectivity index (χ2n) is 8.82. The van der Waals surface area contributed by atoms with E-state index in [0.29, 0.717) is 37.2 Å². The Balaban J connectivity index is 1.52. The normalized spacial score (nSPS) is 13.5. The number of rotatable bonds is 8. The molecule has 184 valence electrons. The Hall–Kier alpha value is -4.07. The molecule has 0 unspecified atom stereocenters. The number of fused-ring (bicyclic) bond motifs is 1. The van der Waals surface area contributed by atoms with Crippen molar-refractivity contribution in [3.05, 3.63) is 72.3 Å². The summed E-state index contributed by atoms with van der Waals surface area (Å²) < 4.78 is 20.7. The average molecular weight is 487 g/mol. The topological polar surface area (TPSA) is 77.3 Å². The first-order valence-corrected chi connectivity index (χ1v) is 12.2. The van der Waals surface area contributed by atoms with Crippen LogP contribution in [-0.2, 0) is 16.1 Å². The molecule has 0 bridgehead atoms. The molecule has 5 rings (SSSR count). The summed E-state index contributed by atoms with van der Waals surface area (Å²) in [4.78, 5) is 35.5. The Labute approximate surface area is 208 Å². The van der Waals surface area contributed by atoms with Gasteiger partial charge >= 0.3 is 5.97 Å². The summed E-state index contributed by atoms with van der Waals surface area (Å²) in [6, 6.07) is 13.6. The van der Waals surface area contributed by atoms with Gasteiger partial charge in [0.2, 0.25) is 5.91 Å². The van der Waals surface area contributed by atoms with Crippen LogP contribution in [-0.4, -0.2) is 51.0 Å². The van der Waals surface area contributed by atoms with Gasteiger partial charge in [-0.1, -0.05) is 12.1 Å². The summed E-state index contributed by atoms with van der Waals surface area (Å²) in [5, 5.41) is 0. The molecule has 0 N–H and O–H groups in total. The summed E-state index contributed by atoms with van der Waals surface area (Å²) in [5.41, 5.74) is 4.52. The minimum Gasteiger partial charge on any atom is -0.462 e. The number of hydrogen-bond donors (Lipinski definition) is 0. The highest BCUT2D eigenvalue weighted by Crippen LogP contribution is 2.29. The van der Waals surface area contributed by atoms with Gasteiger partial charge in [-0.25, -0.2) is 14.2 Å². The number of benzene rings is 2. The highest BCUT2D eigenvalue weighted by Gasteiger charge is 2.20. The van der Waals surface area contributed by atoms with Gasteiger partial charge in [0, 0.05) is 49.6 Å². The molecule has 1 amide bonds. The van der Waals surface area contributed by atoms with Crippen LogP contribution >= 0.6 is 0 Å². The van der Waals surface area contributed by atoms with E-state index in [2.05, 4.69) is 9.55 Å². The number of aromatic nitrogens is 3. The van der Waals surface area contributed by atoms with Crippen molar-refractivity contribution < 1.29 is 18.7 Å². The van der Waals surface area contributed by atoms with Crippen molar-refractivity contribution in [2.24, 2.45) is 0 Å². The molecule has 1 aliphatic rings. The van der Waals surface area contributed by atoms with Crippen molar-refractivity contribution in [1.29, 1.82) is 0 Å². The van der Waals surface area contributed by atoms with Crippen LogP contribution in [0.3, 0.4) is 0 Å². The number of aryl methyl sites for hydroxylation is 1. The first-order valence-electron chi connectivity index (χ1n) is 12.2. The Morgan fingerprint density at radius 2 is 1.83 bits per heavy atom. The summed E-state index contributed by atoms with van der Waals surface area (Å²) >= 11 is 0. The lowest BCUT2D eigenvalue weighted by atomic mass is 10.1. The summed E-state index contributed by atoms with van der Waals surface area (Å²) in [5.74, 6) is 0.248. The van der Waals surface area contributed by atoms with Crippen molar-refractivity contribution in [3.8, 4) is 22.5 Å². The Kier molecular flexibility index (Phi) is 6.75. The maximum absolute atomic E-state index is 13.4. The van der Waals surface area contributed by atoms with Crippen LogP contribution in [0.5, 0.6) is 0 Å². The van der Waals surface area contributed by atoms with Gasteiger partial charge in [-0.15, -0.1) is 0 Å². The maximum Gasteiger partial charge on any atom is 0.338 e. The number of esters is 1. The fraction of sp³-hybridized carbons (Fsp3) is 0.286. The predicted octanol–water partition coefficient (Wildman–Crippen LogP) is 5.09. The van der Waals surface area contributed by atoms with Crippen LogP contribution in [0.4, 0.5) is 4.39 Å². The lowest BCUT2D eigenvalue weighted by molar-refractivity contribution is -0.127. The maximum atomic E-state index is 13.4. The third-order valence-corrected chi connectivity index (χ3v) is 6.41. The van der Waals surface area contributed by atoms with Crippen molar-refractivity contribution in [2.75, 3.05) is 19.7 Å². The first-order chi connectivity index (χ1) is 17.5. The second-order valence-corrected chi connectivity index (χ2v) is 8.82. The molecule has 2 aromatic carbocycles. The average Bonchev–Trinajstić information content (AvgIpc) is 3.47. The molecule has 8 heteroatoms. The number of nitrogens with zero attached hydrogens (tertiary/aromatic N) is 4. The van der Waals surface area contributed by atoms with Gasteiger partial charge in [-0.2, -0.15) is 0 Å². The van der Waals surface area contributed by atoms with E-state index < -0.39 is 0 Å². The largest absolute Gasteiger partial charge is 0.462 e. The lowest BCUT2D eigenvalue weighted by Crippen LogP contribution is -2.26. The summed E-state index contributed by atoms with van der Waals surface area (Å²) in [7, 11) is 0. The molecule has 1 saturated heterocycles. The van der Waals surface area contributed by atoms with E-state index in [-0.39, 0.29) is 17.7 Å². The number of hydrogen-bond acceptors (Lipinski definition) is 5. The molecule has 0 saturated carbocycles. The van der Waals surface area contributed by atoms with Gasteiger partial charge in [0.25, 0.3) is 0 Å². The number of halogens is 1. The zero-order chi connectivity index (χ0) is 25.1. The number of amides is 1. The number of pyridine rings is 1. The lowest BCUT2D eigenvalue weighted by Gasteiger charge is -2.16. The fourth-order valence-corrected chi connectivity index (χ4v) is 4.64. The third-order valence-electron chi connectivity index (χ3n) is 6.41. The van der Waals surface area contributed by atoms with Gasteiger partial charge in [-0.05, 0) is 61.7 Å². The number of imidazole rings is 1. The SMILES string of the molecule is CCOC(=O)c1ccc2c(c1)nc(-c1cncc(-c3ccc(F)cc3)c1)n2CCCN1CCCC1=O. The molecule has 36 heavy (non-hydrogen) atoms. The molecule has 3 heterocycles. The summed E-state index contributed by atoms with van der Waals surface area (Å²) in [6.45, 7) is 4.22.